The molecule has 0 saturated carbocycles. The minimum absolute atomic E-state index is 0.290. The lowest BCUT2D eigenvalue weighted by atomic mass is 10.2. The molecule has 3 nitrogen and oxygen atoms in total. The molecular weight excluding hydrogens is 279 g/mol. The molecule has 78 valence electrons. The zero-order valence-corrected chi connectivity index (χ0v) is 10.3. The minimum Gasteiger partial charge on any atom is -0.337 e. The molecule has 0 fully saturated rings. The number of nitrogens with one attached hydrogen (secondary N) is 1. The van der Waals surface area contributed by atoms with E-state index in [2.05, 4.69) is 21.2 Å². The number of nitrogens with zero attached hydrogens (tertiary/aromatic N) is 1. The number of carbonyl (C=O) groups is 1. The maximum atomic E-state index is 11.6. The molecule has 0 saturated heterocycles. The highest BCUT2D eigenvalue weighted by molar-refractivity contribution is 9.10. The monoisotopic (exact) mass is 286 g/mol. The molecule has 1 amide bonds. The summed E-state index contributed by atoms with van der Waals surface area (Å²) in [6, 6.07) is 6.25. The first-order chi connectivity index (χ1) is 7.04. The van der Waals surface area contributed by atoms with Crippen molar-refractivity contribution in [2.45, 2.75) is 13.0 Å². The molecule has 0 aromatic heterocycles. The molecule has 0 heterocycles. The second-order valence-corrected chi connectivity index (χ2v) is 4.21. The van der Waals surface area contributed by atoms with Crippen molar-refractivity contribution in [1.29, 1.82) is 5.26 Å². The molecule has 0 radical (unpaired) electrons. The Kier molecular flexibility index (Phi) is 4.13. The van der Waals surface area contributed by atoms with Crippen LogP contribution < -0.4 is 5.32 Å². The zero-order chi connectivity index (χ0) is 11.4. The smallest absolute Gasteiger partial charge is 0.252 e. The van der Waals surface area contributed by atoms with E-state index in [0.717, 1.165) is 0 Å². The van der Waals surface area contributed by atoms with Crippen molar-refractivity contribution in [2.75, 3.05) is 0 Å². The Balaban J connectivity index is 2.84. The van der Waals surface area contributed by atoms with Crippen LogP contribution in [0.3, 0.4) is 0 Å². The SMILES string of the molecule is CC(C#N)NC(=O)c1ccc(Cl)c(Br)c1. The van der Waals surface area contributed by atoms with E-state index in [9.17, 15) is 4.79 Å². The van der Waals surface area contributed by atoms with Crippen LogP contribution in [0.2, 0.25) is 5.02 Å². The van der Waals surface area contributed by atoms with Gasteiger partial charge >= 0.3 is 0 Å². The maximum Gasteiger partial charge on any atom is 0.252 e. The lowest BCUT2D eigenvalue weighted by molar-refractivity contribution is 0.0948. The number of benzene rings is 1. The Labute approximate surface area is 101 Å². The first-order valence-electron chi connectivity index (χ1n) is 4.20. The number of rotatable bonds is 2. The predicted octanol–water partition coefficient (Wildman–Crippen LogP) is 2.74. The third kappa shape index (κ3) is 3.22. The lowest BCUT2D eigenvalue weighted by Crippen LogP contribution is -2.31. The highest BCUT2D eigenvalue weighted by Crippen LogP contribution is 2.23. The van der Waals surface area contributed by atoms with Crippen molar-refractivity contribution in [2.24, 2.45) is 0 Å². The third-order valence-corrected chi connectivity index (χ3v) is 2.94. The Morgan fingerprint density at radius 3 is 2.87 bits per heavy atom. The molecule has 1 aromatic carbocycles. The average molecular weight is 288 g/mol. The van der Waals surface area contributed by atoms with Gasteiger partial charge in [-0.3, -0.25) is 4.79 Å². The van der Waals surface area contributed by atoms with E-state index in [1.807, 2.05) is 6.07 Å². The van der Waals surface area contributed by atoms with Crippen molar-refractivity contribution in [1.82, 2.24) is 5.32 Å². The fourth-order valence-electron chi connectivity index (χ4n) is 0.950. The first kappa shape index (κ1) is 12.0. The highest BCUT2D eigenvalue weighted by atomic mass is 79.9. The molecule has 1 rings (SSSR count). The van der Waals surface area contributed by atoms with Gasteiger partial charge in [-0.2, -0.15) is 5.26 Å². The van der Waals surface area contributed by atoms with Gasteiger partial charge in [0.05, 0.1) is 11.1 Å². The van der Waals surface area contributed by atoms with Crippen molar-refractivity contribution >= 4 is 33.4 Å². The third-order valence-electron chi connectivity index (χ3n) is 1.72. The number of amides is 1. The van der Waals surface area contributed by atoms with Gasteiger partial charge in [0.2, 0.25) is 0 Å². The molecule has 1 unspecified atom stereocenters. The summed E-state index contributed by atoms with van der Waals surface area (Å²) in [6.45, 7) is 1.61. The minimum atomic E-state index is -0.507. The fraction of sp³-hybridized carbons (Fsp3) is 0.200. The van der Waals surface area contributed by atoms with Crippen molar-refractivity contribution in [3.8, 4) is 6.07 Å². The first-order valence-corrected chi connectivity index (χ1v) is 5.37. The van der Waals surface area contributed by atoms with E-state index < -0.39 is 6.04 Å². The van der Waals surface area contributed by atoms with Crippen LogP contribution in [0.4, 0.5) is 0 Å². The Morgan fingerprint density at radius 2 is 2.33 bits per heavy atom. The van der Waals surface area contributed by atoms with Crippen molar-refractivity contribution in [3.05, 3.63) is 33.3 Å². The van der Waals surface area contributed by atoms with Gasteiger partial charge in [-0.05, 0) is 41.1 Å². The standard InChI is InChI=1S/C10H8BrClN2O/c1-6(5-13)14-10(15)7-2-3-9(12)8(11)4-7/h2-4,6H,1H3,(H,14,15). The lowest BCUT2D eigenvalue weighted by Gasteiger charge is -2.06. The maximum absolute atomic E-state index is 11.6. The normalized spacial score (nSPS) is 11.6. The summed E-state index contributed by atoms with van der Waals surface area (Å²) < 4.78 is 0.654. The van der Waals surface area contributed by atoms with Gasteiger partial charge < -0.3 is 5.32 Å². The van der Waals surface area contributed by atoms with Gasteiger partial charge in [0.1, 0.15) is 6.04 Å². The number of hydrogen-bond donors (Lipinski definition) is 1. The van der Waals surface area contributed by atoms with Gasteiger partial charge in [0.25, 0.3) is 5.91 Å². The Hall–Kier alpha value is -1.05. The summed E-state index contributed by atoms with van der Waals surface area (Å²) in [6.07, 6.45) is 0. The van der Waals surface area contributed by atoms with Crippen LogP contribution >= 0.6 is 27.5 Å². The summed E-state index contributed by atoms with van der Waals surface area (Å²) in [5.74, 6) is -0.290. The molecule has 0 aliphatic rings. The largest absolute Gasteiger partial charge is 0.337 e. The molecule has 5 heteroatoms. The topological polar surface area (TPSA) is 52.9 Å². The van der Waals surface area contributed by atoms with Gasteiger partial charge in [0, 0.05) is 10.0 Å². The molecule has 1 aromatic rings. The van der Waals surface area contributed by atoms with E-state index >= 15 is 0 Å². The zero-order valence-electron chi connectivity index (χ0n) is 7.92. The molecule has 1 N–H and O–H groups in total. The number of halogens is 2. The molecule has 1 atom stereocenters. The van der Waals surface area contributed by atoms with Crippen LogP contribution in [-0.2, 0) is 0 Å². The number of hydrogen-bond acceptors (Lipinski definition) is 2. The summed E-state index contributed by atoms with van der Waals surface area (Å²) in [5.41, 5.74) is 0.466. The molecule has 0 aliphatic carbocycles. The Bertz CT molecular complexity index is 428. The van der Waals surface area contributed by atoms with E-state index in [1.54, 1.807) is 25.1 Å². The number of nitriles is 1. The van der Waals surface area contributed by atoms with E-state index in [0.29, 0.717) is 15.1 Å². The average Bonchev–Trinajstić information content (AvgIpc) is 2.21. The van der Waals surface area contributed by atoms with Crippen molar-refractivity contribution < 1.29 is 4.79 Å². The van der Waals surface area contributed by atoms with Crippen molar-refractivity contribution in [3.63, 3.8) is 0 Å². The van der Waals surface area contributed by atoms with Crippen LogP contribution in [0, 0.1) is 11.3 Å². The molecule has 0 spiro atoms. The molecule has 15 heavy (non-hydrogen) atoms. The fourth-order valence-corrected chi connectivity index (χ4v) is 1.45. The van der Waals surface area contributed by atoms with Gasteiger partial charge in [-0.1, -0.05) is 11.6 Å². The predicted molar refractivity (Wildman–Crippen MR) is 61.7 cm³/mol. The molecule has 0 aliphatic heterocycles. The second-order valence-electron chi connectivity index (χ2n) is 2.95. The quantitative estimate of drug-likeness (QED) is 0.909. The molecular formula is C10H8BrClN2O. The van der Waals surface area contributed by atoms with Crippen LogP contribution in [0.15, 0.2) is 22.7 Å². The summed E-state index contributed by atoms with van der Waals surface area (Å²) in [7, 11) is 0. The van der Waals surface area contributed by atoms with E-state index in [-0.39, 0.29) is 5.91 Å². The van der Waals surface area contributed by atoms with Gasteiger partial charge in [-0.15, -0.1) is 0 Å². The Morgan fingerprint density at radius 1 is 1.67 bits per heavy atom. The highest BCUT2D eigenvalue weighted by Gasteiger charge is 2.09. The summed E-state index contributed by atoms with van der Waals surface area (Å²) in [4.78, 5) is 11.6. The van der Waals surface area contributed by atoms with Crippen LogP contribution in [0.5, 0.6) is 0 Å². The van der Waals surface area contributed by atoms with E-state index in [4.69, 9.17) is 16.9 Å². The number of carbonyl (C=O) groups excluding carboxylic acids is 1. The van der Waals surface area contributed by atoms with Gasteiger partial charge in [0.15, 0.2) is 0 Å². The van der Waals surface area contributed by atoms with Crippen LogP contribution in [-0.4, -0.2) is 11.9 Å². The summed E-state index contributed by atoms with van der Waals surface area (Å²) in [5, 5.41) is 11.6. The van der Waals surface area contributed by atoms with E-state index in [1.165, 1.54) is 0 Å². The van der Waals surface area contributed by atoms with Crippen LogP contribution in [0.25, 0.3) is 0 Å². The van der Waals surface area contributed by atoms with Crippen LogP contribution in [0.1, 0.15) is 17.3 Å². The molecule has 0 bridgehead atoms. The second kappa shape index (κ2) is 5.15. The van der Waals surface area contributed by atoms with Gasteiger partial charge in [-0.25, -0.2) is 0 Å². The summed E-state index contributed by atoms with van der Waals surface area (Å²) >= 11 is 9.01.